The quantitative estimate of drug-likeness (QED) is 0.876. The summed E-state index contributed by atoms with van der Waals surface area (Å²) in [6.07, 6.45) is 4.05. The molecule has 1 heterocycles. The molecule has 1 fully saturated rings. The number of rotatable bonds is 4. The van der Waals surface area contributed by atoms with E-state index in [1.807, 2.05) is 7.05 Å². The Labute approximate surface area is 111 Å². The monoisotopic (exact) mass is 246 g/mol. The van der Waals surface area contributed by atoms with Gasteiger partial charge in [0.1, 0.15) is 0 Å². The summed E-state index contributed by atoms with van der Waals surface area (Å²) in [6.45, 7) is 7.91. The Bertz CT molecular complexity index is 387. The molecule has 2 nitrogen and oxygen atoms in total. The summed E-state index contributed by atoms with van der Waals surface area (Å²) in [7, 11) is 2.02. The van der Waals surface area contributed by atoms with Gasteiger partial charge in [-0.15, -0.1) is 0 Å². The predicted octanol–water partition coefficient (Wildman–Crippen LogP) is 3.34. The second-order valence-electron chi connectivity index (χ2n) is 5.53. The first-order valence-electron chi connectivity index (χ1n) is 7.23. The van der Waals surface area contributed by atoms with Gasteiger partial charge in [0, 0.05) is 25.3 Å². The van der Waals surface area contributed by atoms with E-state index >= 15 is 0 Å². The fourth-order valence-corrected chi connectivity index (χ4v) is 2.97. The largest absolute Gasteiger partial charge is 0.371 e. The fraction of sp³-hybridized carbons (Fsp3) is 0.625. The van der Waals surface area contributed by atoms with Gasteiger partial charge in [-0.05, 0) is 44.4 Å². The molecule has 0 amide bonds. The lowest BCUT2D eigenvalue weighted by molar-refractivity contribution is 0.404. The summed E-state index contributed by atoms with van der Waals surface area (Å²) in [5.41, 5.74) is 4.23. The lowest BCUT2D eigenvalue weighted by Gasteiger charge is -2.35. The van der Waals surface area contributed by atoms with E-state index in [2.05, 4.69) is 42.3 Å². The number of hydrogen-bond acceptors (Lipinski definition) is 2. The van der Waals surface area contributed by atoms with Gasteiger partial charge >= 0.3 is 0 Å². The van der Waals surface area contributed by atoms with Crippen LogP contribution >= 0.6 is 0 Å². The van der Waals surface area contributed by atoms with Crippen LogP contribution in [0.1, 0.15) is 37.3 Å². The van der Waals surface area contributed by atoms with Gasteiger partial charge in [0.2, 0.25) is 0 Å². The van der Waals surface area contributed by atoms with Crippen molar-refractivity contribution in [1.29, 1.82) is 0 Å². The van der Waals surface area contributed by atoms with E-state index in [0.29, 0.717) is 0 Å². The van der Waals surface area contributed by atoms with Crippen LogP contribution in [0.4, 0.5) is 5.69 Å². The number of aryl methyl sites for hydroxylation is 1. The Morgan fingerprint density at radius 3 is 2.94 bits per heavy atom. The molecule has 0 aromatic heterocycles. The van der Waals surface area contributed by atoms with Gasteiger partial charge in [0.25, 0.3) is 0 Å². The predicted molar refractivity (Wildman–Crippen MR) is 79.2 cm³/mol. The normalized spacial score (nSPS) is 20.2. The van der Waals surface area contributed by atoms with Crippen molar-refractivity contribution < 1.29 is 0 Å². The third kappa shape index (κ3) is 3.05. The fourth-order valence-electron chi connectivity index (χ4n) is 2.97. The molecule has 18 heavy (non-hydrogen) atoms. The first kappa shape index (κ1) is 13.4. The molecule has 0 saturated carbocycles. The summed E-state index contributed by atoms with van der Waals surface area (Å²) in [5, 5.41) is 3.29. The van der Waals surface area contributed by atoms with Crippen LogP contribution in [-0.2, 0) is 6.54 Å². The first-order valence-corrected chi connectivity index (χ1v) is 7.23. The van der Waals surface area contributed by atoms with Crippen molar-refractivity contribution in [3.63, 3.8) is 0 Å². The Morgan fingerprint density at radius 2 is 2.22 bits per heavy atom. The van der Waals surface area contributed by atoms with Crippen LogP contribution in [0, 0.1) is 12.8 Å². The molecule has 1 aromatic carbocycles. The van der Waals surface area contributed by atoms with Crippen LogP contribution in [0.3, 0.4) is 0 Å². The molecule has 1 unspecified atom stereocenters. The molecule has 1 aliphatic rings. The molecule has 1 N–H and O–H groups in total. The molecule has 0 radical (unpaired) electrons. The Morgan fingerprint density at radius 1 is 1.39 bits per heavy atom. The SMILES string of the molecule is CCC1CCCN(c2ccc(C)cc2CNC)C1. The number of anilines is 1. The van der Waals surface area contributed by atoms with Crippen LogP contribution in [0.25, 0.3) is 0 Å². The Balaban J connectivity index is 2.20. The summed E-state index contributed by atoms with van der Waals surface area (Å²) >= 11 is 0. The molecular formula is C16H26N2. The van der Waals surface area contributed by atoms with Gasteiger partial charge in [0.15, 0.2) is 0 Å². The first-order chi connectivity index (χ1) is 8.74. The minimum Gasteiger partial charge on any atom is -0.371 e. The molecule has 1 aromatic rings. The van der Waals surface area contributed by atoms with Crippen molar-refractivity contribution in [1.82, 2.24) is 5.32 Å². The number of hydrogen-bond donors (Lipinski definition) is 1. The second kappa shape index (κ2) is 6.24. The highest BCUT2D eigenvalue weighted by atomic mass is 15.1. The van der Waals surface area contributed by atoms with E-state index in [4.69, 9.17) is 0 Å². The summed E-state index contributed by atoms with van der Waals surface area (Å²) in [4.78, 5) is 2.59. The van der Waals surface area contributed by atoms with Crippen LogP contribution in [0.15, 0.2) is 18.2 Å². The van der Waals surface area contributed by atoms with Crippen molar-refractivity contribution in [3.8, 4) is 0 Å². The number of piperidine rings is 1. The highest BCUT2D eigenvalue weighted by molar-refractivity contribution is 5.55. The molecule has 1 aliphatic heterocycles. The minimum absolute atomic E-state index is 0.877. The second-order valence-corrected chi connectivity index (χ2v) is 5.53. The zero-order valence-corrected chi connectivity index (χ0v) is 12.0. The topological polar surface area (TPSA) is 15.3 Å². The number of nitrogens with zero attached hydrogens (tertiary/aromatic N) is 1. The summed E-state index contributed by atoms with van der Waals surface area (Å²) < 4.78 is 0. The van der Waals surface area contributed by atoms with Crippen molar-refractivity contribution in [2.75, 3.05) is 25.0 Å². The Hall–Kier alpha value is -1.02. The number of nitrogens with one attached hydrogen (secondary N) is 1. The molecule has 1 saturated heterocycles. The molecule has 0 spiro atoms. The third-order valence-electron chi connectivity index (χ3n) is 4.04. The third-order valence-corrected chi connectivity index (χ3v) is 4.04. The van der Waals surface area contributed by atoms with Crippen molar-refractivity contribution in [3.05, 3.63) is 29.3 Å². The van der Waals surface area contributed by atoms with Gasteiger partial charge in [0.05, 0.1) is 0 Å². The van der Waals surface area contributed by atoms with Crippen LogP contribution < -0.4 is 10.2 Å². The summed E-state index contributed by atoms with van der Waals surface area (Å²) in [5.74, 6) is 0.877. The maximum Gasteiger partial charge on any atom is 0.0412 e. The number of benzene rings is 1. The lowest BCUT2D eigenvalue weighted by Crippen LogP contribution is -2.36. The standard InChI is InChI=1S/C16H26N2/c1-4-14-6-5-9-18(12-14)16-8-7-13(2)10-15(16)11-17-3/h7-8,10,14,17H,4-6,9,11-12H2,1-3H3. The van der Waals surface area contributed by atoms with Crippen LogP contribution in [0.5, 0.6) is 0 Å². The Kier molecular flexibility index (Phi) is 4.65. The van der Waals surface area contributed by atoms with E-state index in [0.717, 1.165) is 12.5 Å². The van der Waals surface area contributed by atoms with E-state index in [1.165, 1.54) is 49.2 Å². The van der Waals surface area contributed by atoms with E-state index in [1.54, 1.807) is 0 Å². The van der Waals surface area contributed by atoms with E-state index < -0.39 is 0 Å². The average molecular weight is 246 g/mol. The van der Waals surface area contributed by atoms with Gasteiger partial charge in [-0.3, -0.25) is 0 Å². The highest BCUT2D eigenvalue weighted by Crippen LogP contribution is 2.28. The zero-order chi connectivity index (χ0) is 13.0. The molecule has 100 valence electrons. The van der Waals surface area contributed by atoms with Crippen LogP contribution in [0.2, 0.25) is 0 Å². The van der Waals surface area contributed by atoms with Crippen molar-refractivity contribution in [2.45, 2.75) is 39.7 Å². The minimum atomic E-state index is 0.877. The van der Waals surface area contributed by atoms with Gasteiger partial charge in [-0.2, -0.15) is 0 Å². The molecule has 2 heteroatoms. The molecule has 2 rings (SSSR count). The summed E-state index contributed by atoms with van der Waals surface area (Å²) in [6, 6.07) is 6.87. The smallest absolute Gasteiger partial charge is 0.0412 e. The molecule has 0 bridgehead atoms. The molecule has 1 atom stereocenters. The maximum absolute atomic E-state index is 3.29. The van der Waals surface area contributed by atoms with Gasteiger partial charge in [-0.25, -0.2) is 0 Å². The lowest BCUT2D eigenvalue weighted by atomic mass is 9.94. The molecular weight excluding hydrogens is 220 g/mol. The zero-order valence-electron chi connectivity index (χ0n) is 12.0. The van der Waals surface area contributed by atoms with E-state index in [-0.39, 0.29) is 0 Å². The highest BCUT2D eigenvalue weighted by Gasteiger charge is 2.20. The molecule has 0 aliphatic carbocycles. The van der Waals surface area contributed by atoms with Crippen molar-refractivity contribution >= 4 is 5.69 Å². The average Bonchev–Trinajstić information content (AvgIpc) is 2.39. The van der Waals surface area contributed by atoms with Crippen LogP contribution in [-0.4, -0.2) is 20.1 Å². The van der Waals surface area contributed by atoms with Gasteiger partial charge < -0.3 is 10.2 Å². The van der Waals surface area contributed by atoms with Gasteiger partial charge in [-0.1, -0.05) is 31.0 Å². The van der Waals surface area contributed by atoms with E-state index in [9.17, 15) is 0 Å². The van der Waals surface area contributed by atoms with Crippen molar-refractivity contribution in [2.24, 2.45) is 5.92 Å². The maximum atomic E-state index is 3.29.